The number of aromatic nitrogens is 2. The Balaban J connectivity index is 1.74. The zero-order valence-electron chi connectivity index (χ0n) is 15.1. The van der Waals surface area contributed by atoms with Gasteiger partial charge in [0.05, 0.1) is 4.92 Å². The highest BCUT2D eigenvalue weighted by atomic mass is 16.6. The van der Waals surface area contributed by atoms with E-state index in [9.17, 15) is 10.1 Å². The number of nitro groups is 1. The van der Waals surface area contributed by atoms with Gasteiger partial charge in [-0.25, -0.2) is 9.97 Å². The summed E-state index contributed by atoms with van der Waals surface area (Å²) in [5.74, 6) is 0.262. The number of nitrogens with zero attached hydrogens (tertiary/aromatic N) is 3. The minimum atomic E-state index is -0.482. The van der Waals surface area contributed by atoms with E-state index in [2.05, 4.69) is 20.6 Å². The molecule has 0 spiro atoms. The number of aryl methyl sites for hydroxylation is 1. The van der Waals surface area contributed by atoms with Crippen LogP contribution in [0.4, 0.5) is 28.7 Å². The SMILES string of the molecule is Cc1ccc(Nc2ncnc(Nc3cccc4ccccc34)c2[N+](=O)[O-])cc1. The molecule has 0 radical (unpaired) electrons. The number of hydrogen-bond donors (Lipinski definition) is 2. The first-order chi connectivity index (χ1) is 13.6. The molecule has 0 aliphatic heterocycles. The summed E-state index contributed by atoms with van der Waals surface area (Å²) in [6.45, 7) is 1.98. The van der Waals surface area contributed by atoms with Crippen molar-refractivity contribution < 1.29 is 4.92 Å². The van der Waals surface area contributed by atoms with E-state index >= 15 is 0 Å². The summed E-state index contributed by atoms with van der Waals surface area (Å²) in [5.41, 5.74) is 2.33. The number of nitrogens with one attached hydrogen (secondary N) is 2. The predicted octanol–water partition coefficient (Wildman–Crippen LogP) is 5.33. The Morgan fingerprint density at radius 2 is 1.54 bits per heavy atom. The van der Waals surface area contributed by atoms with Crippen LogP contribution in [-0.2, 0) is 0 Å². The molecule has 7 heteroatoms. The largest absolute Gasteiger partial charge is 0.353 e. The van der Waals surface area contributed by atoms with Crippen LogP contribution in [0.25, 0.3) is 10.8 Å². The zero-order chi connectivity index (χ0) is 19.5. The quantitative estimate of drug-likeness (QED) is 0.364. The summed E-state index contributed by atoms with van der Waals surface area (Å²) in [4.78, 5) is 19.5. The fourth-order valence-electron chi connectivity index (χ4n) is 2.97. The number of fused-ring (bicyclic) bond motifs is 1. The molecule has 138 valence electrons. The first-order valence-corrected chi connectivity index (χ1v) is 8.70. The van der Waals surface area contributed by atoms with Gasteiger partial charge in [0.1, 0.15) is 6.33 Å². The van der Waals surface area contributed by atoms with Crippen molar-refractivity contribution in [1.29, 1.82) is 0 Å². The van der Waals surface area contributed by atoms with Crippen LogP contribution >= 0.6 is 0 Å². The van der Waals surface area contributed by atoms with Gasteiger partial charge in [-0.1, -0.05) is 54.1 Å². The number of rotatable bonds is 5. The molecule has 4 aromatic rings. The maximum Gasteiger partial charge on any atom is 0.353 e. The predicted molar refractivity (Wildman–Crippen MR) is 110 cm³/mol. The highest BCUT2D eigenvalue weighted by molar-refractivity contribution is 5.96. The van der Waals surface area contributed by atoms with Gasteiger partial charge in [0, 0.05) is 16.8 Å². The molecule has 0 aliphatic rings. The lowest BCUT2D eigenvalue weighted by Gasteiger charge is -2.12. The molecule has 0 atom stereocenters. The first kappa shape index (κ1) is 17.4. The van der Waals surface area contributed by atoms with E-state index in [0.717, 1.165) is 22.0 Å². The molecule has 0 amide bonds. The van der Waals surface area contributed by atoms with E-state index < -0.39 is 4.92 Å². The average Bonchev–Trinajstić information content (AvgIpc) is 2.70. The summed E-state index contributed by atoms with van der Waals surface area (Å²) in [6, 6.07) is 21.1. The molecule has 1 aromatic heterocycles. The van der Waals surface area contributed by atoms with Crippen LogP contribution in [0.2, 0.25) is 0 Å². The average molecular weight is 371 g/mol. The molecule has 28 heavy (non-hydrogen) atoms. The Morgan fingerprint density at radius 3 is 2.29 bits per heavy atom. The minimum absolute atomic E-state index is 0.131. The van der Waals surface area contributed by atoms with Crippen molar-refractivity contribution in [2.45, 2.75) is 6.92 Å². The van der Waals surface area contributed by atoms with Crippen molar-refractivity contribution in [2.75, 3.05) is 10.6 Å². The van der Waals surface area contributed by atoms with Crippen molar-refractivity contribution in [3.63, 3.8) is 0 Å². The van der Waals surface area contributed by atoms with Crippen LogP contribution in [-0.4, -0.2) is 14.9 Å². The van der Waals surface area contributed by atoms with E-state index in [0.29, 0.717) is 5.69 Å². The normalized spacial score (nSPS) is 10.6. The van der Waals surface area contributed by atoms with E-state index in [4.69, 9.17) is 0 Å². The topological polar surface area (TPSA) is 93.0 Å². The van der Waals surface area contributed by atoms with Crippen molar-refractivity contribution in [3.05, 3.63) is 88.7 Å². The second-order valence-corrected chi connectivity index (χ2v) is 6.32. The number of anilines is 4. The molecule has 2 N–H and O–H groups in total. The summed E-state index contributed by atoms with van der Waals surface area (Å²) in [6.07, 6.45) is 1.30. The van der Waals surface area contributed by atoms with E-state index in [1.807, 2.05) is 73.7 Å². The minimum Gasteiger partial charge on any atom is -0.334 e. The molecule has 0 saturated carbocycles. The lowest BCUT2D eigenvalue weighted by atomic mass is 10.1. The Kier molecular flexibility index (Phi) is 4.55. The van der Waals surface area contributed by atoms with Crippen LogP contribution in [0, 0.1) is 17.0 Å². The van der Waals surface area contributed by atoms with Gasteiger partial charge in [-0.2, -0.15) is 0 Å². The second-order valence-electron chi connectivity index (χ2n) is 6.32. The van der Waals surface area contributed by atoms with Gasteiger partial charge >= 0.3 is 5.69 Å². The van der Waals surface area contributed by atoms with E-state index in [1.165, 1.54) is 6.33 Å². The highest BCUT2D eigenvalue weighted by Gasteiger charge is 2.23. The number of hydrogen-bond acceptors (Lipinski definition) is 6. The first-order valence-electron chi connectivity index (χ1n) is 8.70. The maximum absolute atomic E-state index is 11.8. The molecule has 1 heterocycles. The molecular weight excluding hydrogens is 354 g/mol. The van der Waals surface area contributed by atoms with Gasteiger partial charge < -0.3 is 10.6 Å². The standard InChI is InChI=1S/C21H17N5O2/c1-14-9-11-16(12-10-14)24-20-19(26(27)28)21(23-13-22-20)25-18-8-4-6-15-5-2-3-7-17(15)18/h2-13H,1H3,(H2,22,23,24,25). The molecule has 0 aliphatic carbocycles. The van der Waals surface area contributed by atoms with Crippen LogP contribution in [0.15, 0.2) is 73.1 Å². The molecule has 4 rings (SSSR count). The van der Waals surface area contributed by atoms with Crippen LogP contribution in [0.1, 0.15) is 5.56 Å². The summed E-state index contributed by atoms with van der Waals surface area (Å²) >= 11 is 0. The molecule has 0 fully saturated rings. The Labute approximate surface area is 161 Å². The van der Waals surface area contributed by atoms with Crippen molar-refractivity contribution in [3.8, 4) is 0 Å². The molecule has 3 aromatic carbocycles. The second kappa shape index (κ2) is 7.32. The van der Waals surface area contributed by atoms with Crippen LogP contribution in [0.3, 0.4) is 0 Å². The van der Waals surface area contributed by atoms with Gasteiger partial charge in [-0.15, -0.1) is 0 Å². The van der Waals surface area contributed by atoms with E-state index in [-0.39, 0.29) is 17.3 Å². The summed E-state index contributed by atoms with van der Waals surface area (Å²) < 4.78 is 0. The third-order valence-corrected chi connectivity index (χ3v) is 4.36. The zero-order valence-corrected chi connectivity index (χ0v) is 15.1. The summed E-state index contributed by atoms with van der Waals surface area (Å²) in [7, 11) is 0. The van der Waals surface area contributed by atoms with Crippen molar-refractivity contribution in [1.82, 2.24) is 9.97 Å². The smallest absolute Gasteiger partial charge is 0.334 e. The highest BCUT2D eigenvalue weighted by Crippen LogP contribution is 2.34. The fraction of sp³-hybridized carbons (Fsp3) is 0.0476. The van der Waals surface area contributed by atoms with Crippen LogP contribution < -0.4 is 10.6 Å². The fourth-order valence-corrected chi connectivity index (χ4v) is 2.97. The maximum atomic E-state index is 11.8. The van der Waals surface area contributed by atoms with Crippen LogP contribution in [0.5, 0.6) is 0 Å². The third-order valence-electron chi connectivity index (χ3n) is 4.36. The Hall–Kier alpha value is -4.00. The van der Waals surface area contributed by atoms with Gasteiger partial charge in [0.2, 0.25) is 11.6 Å². The van der Waals surface area contributed by atoms with Gasteiger partial charge in [-0.3, -0.25) is 10.1 Å². The lowest BCUT2D eigenvalue weighted by Crippen LogP contribution is -2.05. The Bertz CT molecular complexity index is 1150. The van der Waals surface area contributed by atoms with Gasteiger partial charge in [0.25, 0.3) is 0 Å². The molecule has 0 bridgehead atoms. The van der Waals surface area contributed by atoms with E-state index in [1.54, 1.807) is 0 Å². The van der Waals surface area contributed by atoms with Crippen molar-refractivity contribution in [2.24, 2.45) is 0 Å². The Morgan fingerprint density at radius 1 is 0.857 bits per heavy atom. The summed E-state index contributed by atoms with van der Waals surface area (Å²) in [5, 5.41) is 19.9. The molecule has 0 saturated heterocycles. The van der Waals surface area contributed by atoms with Crippen molar-refractivity contribution >= 4 is 39.5 Å². The molecule has 0 unspecified atom stereocenters. The lowest BCUT2D eigenvalue weighted by molar-refractivity contribution is -0.383. The van der Waals surface area contributed by atoms with Gasteiger partial charge in [0.15, 0.2) is 0 Å². The molecular formula is C21H17N5O2. The monoisotopic (exact) mass is 371 g/mol. The van der Waals surface area contributed by atoms with Gasteiger partial charge in [-0.05, 0) is 30.5 Å². The number of benzene rings is 3. The third kappa shape index (κ3) is 3.45. The molecule has 7 nitrogen and oxygen atoms in total.